The number of amides is 1. The van der Waals surface area contributed by atoms with Gasteiger partial charge < -0.3 is 10.6 Å². The van der Waals surface area contributed by atoms with Crippen molar-refractivity contribution >= 4 is 62.8 Å². The maximum absolute atomic E-state index is 13.8. The number of hydrogen-bond acceptors (Lipinski definition) is 7. The molecule has 0 saturated carbocycles. The van der Waals surface area contributed by atoms with E-state index in [2.05, 4.69) is 32.3 Å². The summed E-state index contributed by atoms with van der Waals surface area (Å²) in [5.41, 5.74) is 0.102. The van der Waals surface area contributed by atoms with E-state index in [-0.39, 0.29) is 16.6 Å². The average Bonchev–Trinajstić information content (AvgIpc) is 3.29. The van der Waals surface area contributed by atoms with Gasteiger partial charge in [-0.3, -0.25) is 4.79 Å². The number of carbonyl (C=O) groups excluding carboxylic acids is 1. The Hall–Kier alpha value is -1.68. The SMILES string of the molecule is CC(Sc1nnc(NCCc2cccs2)s1)C(=O)Nc1ccc(Cl)cc1F. The maximum Gasteiger partial charge on any atom is 0.237 e. The van der Waals surface area contributed by atoms with E-state index in [0.717, 1.165) is 19.0 Å². The summed E-state index contributed by atoms with van der Waals surface area (Å²) in [5.74, 6) is -0.884. The van der Waals surface area contributed by atoms with E-state index >= 15 is 0 Å². The van der Waals surface area contributed by atoms with Crippen LogP contribution in [0.15, 0.2) is 40.1 Å². The molecule has 1 atom stereocenters. The second-order valence-electron chi connectivity index (χ2n) is 5.50. The molecular weight excluding hydrogens is 427 g/mol. The van der Waals surface area contributed by atoms with Crippen LogP contribution in [0.2, 0.25) is 5.02 Å². The first-order chi connectivity index (χ1) is 13.0. The zero-order valence-corrected chi connectivity index (χ0v) is 17.4. The maximum atomic E-state index is 13.8. The highest BCUT2D eigenvalue weighted by Gasteiger charge is 2.18. The number of thiophene rings is 1. The summed E-state index contributed by atoms with van der Waals surface area (Å²) < 4.78 is 14.5. The van der Waals surface area contributed by atoms with Crippen molar-refractivity contribution < 1.29 is 9.18 Å². The molecule has 3 aromatic rings. The third-order valence-electron chi connectivity index (χ3n) is 3.47. The van der Waals surface area contributed by atoms with Gasteiger partial charge >= 0.3 is 0 Å². The van der Waals surface area contributed by atoms with E-state index in [9.17, 15) is 9.18 Å². The molecule has 2 aromatic heterocycles. The topological polar surface area (TPSA) is 66.9 Å². The molecule has 0 bridgehead atoms. The average molecular weight is 443 g/mol. The normalized spacial score (nSPS) is 12.0. The van der Waals surface area contributed by atoms with Gasteiger partial charge in [-0.2, -0.15) is 0 Å². The standard InChI is InChI=1S/C17H16ClFN4OS3/c1-10(15(24)21-14-5-4-11(18)9-13(14)19)26-17-23-22-16(27-17)20-7-6-12-3-2-8-25-12/h2-5,8-10H,6-7H2,1H3,(H,20,22)(H,21,24). The summed E-state index contributed by atoms with van der Waals surface area (Å²) in [7, 11) is 0. The van der Waals surface area contributed by atoms with Crippen LogP contribution in [0.4, 0.5) is 15.2 Å². The second-order valence-corrected chi connectivity index (χ2v) is 9.54. The lowest BCUT2D eigenvalue weighted by molar-refractivity contribution is -0.115. The van der Waals surface area contributed by atoms with Gasteiger partial charge in [0.15, 0.2) is 4.34 Å². The molecule has 0 spiro atoms. The highest BCUT2D eigenvalue weighted by atomic mass is 35.5. The van der Waals surface area contributed by atoms with Crippen molar-refractivity contribution in [3.63, 3.8) is 0 Å². The molecule has 5 nitrogen and oxygen atoms in total. The van der Waals surface area contributed by atoms with Crippen LogP contribution in [0.1, 0.15) is 11.8 Å². The molecule has 0 fully saturated rings. The number of thioether (sulfide) groups is 1. The van der Waals surface area contributed by atoms with Crippen molar-refractivity contribution in [3.05, 3.63) is 51.4 Å². The number of benzene rings is 1. The molecule has 2 N–H and O–H groups in total. The van der Waals surface area contributed by atoms with Crippen molar-refractivity contribution in [3.8, 4) is 0 Å². The summed E-state index contributed by atoms with van der Waals surface area (Å²) in [6.07, 6.45) is 0.922. The van der Waals surface area contributed by atoms with Gasteiger partial charge in [0.05, 0.1) is 10.9 Å². The fourth-order valence-corrected chi connectivity index (χ4v) is 4.90. The van der Waals surface area contributed by atoms with Crippen LogP contribution in [0, 0.1) is 5.82 Å². The number of halogens is 2. The molecule has 0 radical (unpaired) electrons. The number of rotatable bonds is 8. The largest absolute Gasteiger partial charge is 0.360 e. The molecule has 10 heteroatoms. The van der Waals surface area contributed by atoms with E-state index < -0.39 is 11.1 Å². The number of anilines is 2. The lowest BCUT2D eigenvalue weighted by atomic mass is 10.3. The van der Waals surface area contributed by atoms with E-state index in [4.69, 9.17) is 11.6 Å². The van der Waals surface area contributed by atoms with Crippen molar-refractivity contribution in [2.45, 2.75) is 22.9 Å². The van der Waals surface area contributed by atoms with Gasteiger partial charge in [-0.1, -0.05) is 40.8 Å². The van der Waals surface area contributed by atoms with E-state index in [1.165, 1.54) is 40.1 Å². The molecule has 1 unspecified atom stereocenters. The minimum absolute atomic E-state index is 0.102. The number of carbonyl (C=O) groups is 1. The Kier molecular flexibility index (Phi) is 7.06. The number of nitrogens with one attached hydrogen (secondary N) is 2. The highest BCUT2D eigenvalue weighted by molar-refractivity contribution is 8.02. The third kappa shape index (κ3) is 5.90. The van der Waals surface area contributed by atoms with Gasteiger partial charge in [0.2, 0.25) is 11.0 Å². The molecule has 0 aliphatic heterocycles. The van der Waals surface area contributed by atoms with Crippen molar-refractivity contribution in [1.29, 1.82) is 0 Å². The molecule has 0 aliphatic carbocycles. The van der Waals surface area contributed by atoms with Crippen molar-refractivity contribution in [2.75, 3.05) is 17.2 Å². The summed E-state index contributed by atoms with van der Waals surface area (Å²) in [6.45, 7) is 2.50. The fourth-order valence-electron chi connectivity index (χ4n) is 2.11. The second kappa shape index (κ2) is 9.50. The van der Waals surface area contributed by atoms with Crippen LogP contribution in [0.5, 0.6) is 0 Å². The highest BCUT2D eigenvalue weighted by Crippen LogP contribution is 2.30. The Morgan fingerprint density at radius 2 is 2.22 bits per heavy atom. The summed E-state index contributed by atoms with van der Waals surface area (Å²) in [4.78, 5) is 13.6. The molecule has 1 aromatic carbocycles. The molecular formula is C17H16ClFN4OS3. The summed E-state index contributed by atoms with van der Waals surface area (Å²) in [6, 6.07) is 8.25. The Labute approximate surface area is 173 Å². The Morgan fingerprint density at radius 1 is 1.37 bits per heavy atom. The number of nitrogens with zero attached hydrogens (tertiary/aromatic N) is 2. The van der Waals surface area contributed by atoms with E-state index in [1.54, 1.807) is 18.3 Å². The van der Waals surface area contributed by atoms with Crippen LogP contribution in [0.3, 0.4) is 0 Å². The Balaban J connectivity index is 1.49. The number of hydrogen-bond donors (Lipinski definition) is 2. The van der Waals surface area contributed by atoms with Crippen LogP contribution in [-0.4, -0.2) is 27.9 Å². The van der Waals surface area contributed by atoms with Gasteiger partial charge in [0.25, 0.3) is 0 Å². The van der Waals surface area contributed by atoms with E-state index in [0.29, 0.717) is 9.47 Å². The first-order valence-corrected chi connectivity index (χ1v) is 11.0. The molecule has 0 aliphatic rings. The van der Waals surface area contributed by atoms with Crippen LogP contribution in [0.25, 0.3) is 0 Å². The predicted octanol–water partition coefficient (Wildman–Crippen LogP) is 5.17. The Morgan fingerprint density at radius 3 is 2.96 bits per heavy atom. The summed E-state index contributed by atoms with van der Waals surface area (Å²) >= 11 is 10.1. The molecule has 0 saturated heterocycles. The minimum atomic E-state index is -0.568. The van der Waals surface area contributed by atoms with Crippen LogP contribution >= 0.6 is 46.0 Å². The van der Waals surface area contributed by atoms with Crippen molar-refractivity contribution in [2.24, 2.45) is 0 Å². The van der Waals surface area contributed by atoms with Crippen LogP contribution < -0.4 is 10.6 Å². The van der Waals surface area contributed by atoms with Gasteiger partial charge in [-0.25, -0.2) is 4.39 Å². The zero-order chi connectivity index (χ0) is 19.2. The smallest absolute Gasteiger partial charge is 0.237 e. The molecule has 142 valence electrons. The predicted molar refractivity (Wildman–Crippen MR) is 112 cm³/mol. The quantitative estimate of drug-likeness (QED) is 0.471. The third-order valence-corrected chi connectivity index (χ3v) is 6.71. The molecule has 27 heavy (non-hydrogen) atoms. The summed E-state index contributed by atoms with van der Waals surface area (Å²) in [5, 5.41) is 16.6. The lowest BCUT2D eigenvalue weighted by Crippen LogP contribution is -2.22. The monoisotopic (exact) mass is 442 g/mol. The zero-order valence-electron chi connectivity index (χ0n) is 14.2. The first kappa shape index (κ1) is 20.1. The number of aromatic nitrogens is 2. The molecule has 2 heterocycles. The van der Waals surface area contributed by atoms with E-state index in [1.807, 2.05) is 6.07 Å². The van der Waals surface area contributed by atoms with Gasteiger partial charge in [-0.05, 0) is 43.0 Å². The minimum Gasteiger partial charge on any atom is -0.360 e. The van der Waals surface area contributed by atoms with Crippen molar-refractivity contribution in [1.82, 2.24) is 10.2 Å². The van der Waals surface area contributed by atoms with Gasteiger partial charge in [-0.15, -0.1) is 21.5 Å². The molecule has 1 amide bonds. The molecule has 3 rings (SSSR count). The Bertz CT molecular complexity index is 903. The first-order valence-electron chi connectivity index (χ1n) is 8.03. The van der Waals surface area contributed by atoms with Gasteiger partial charge in [0, 0.05) is 16.4 Å². The fraction of sp³-hybridized carbons (Fsp3) is 0.235. The van der Waals surface area contributed by atoms with Crippen LogP contribution in [-0.2, 0) is 11.2 Å². The van der Waals surface area contributed by atoms with Gasteiger partial charge in [0.1, 0.15) is 5.82 Å². The lowest BCUT2D eigenvalue weighted by Gasteiger charge is -2.11.